The Kier molecular flexibility index (Phi) is 7.33. The van der Waals surface area contributed by atoms with E-state index < -0.39 is 0 Å². The van der Waals surface area contributed by atoms with Gasteiger partial charge in [-0.05, 0) is 32.9 Å². The molecule has 0 bridgehead atoms. The fraction of sp³-hybridized carbons (Fsp3) is 0.571. The Morgan fingerprint density at radius 1 is 1.40 bits per heavy atom. The number of hydrogen-bond acceptors (Lipinski definition) is 4. The maximum atomic E-state index is 12.4. The number of carbonyl (C=O) groups is 1. The first-order valence-electron chi connectivity index (χ1n) is 6.91. The summed E-state index contributed by atoms with van der Waals surface area (Å²) in [7, 11) is 0. The number of likely N-dealkylation sites (N-methyl/N-ethyl adjacent to an activating group) is 1. The summed E-state index contributed by atoms with van der Waals surface area (Å²) < 4.78 is 5.28. The number of anilines is 1. The molecule has 1 aromatic heterocycles. The summed E-state index contributed by atoms with van der Waals surface area (Å²) >= 11 is 6.08. The van der Waals surface area contributed by atoms with Gasteiger partial charge in [0.2, 0.25) is 0 Å². The lowest BCUT2D eigenvalue weighted by atomic mass is 10.3. The van der Waals surface area contributed by atoms with E-state index >= 15 is 0 Å². The molecule has 0 atom stereocenters. The molecule has 0 fully saturated rings. The largest absolute Gasteiger partial charge is 0.380 e. The molecule has 0 unspecified atom stereocenters. The number of nitrogens with zero attached hydrogens (tertiary/aromatic N) is 2. The molecule has 20 heavy (non-hydrogen) atoms. The summed E-state index contributed by atoms with van der Waals surface area (Å²) in [5.41, 5.74) is 0.281. The molecule has 0 aliphatic rings. The lowest BCUT2D eigenvalue weighted by Crippen LogP contribution is -2.34. The Morgan fingerprint density at radius 2 is 2.15 bits per heavy atom. The molecular weight excluding hydrogens is 278 g/mol. The summed E-state index contributed by atoms with van der Waals surface area (Å²) in [4.78, 5) is 18.4. The summed E-state index contributed by atoms with van der Waals surface area (Å²) in [5, 5.41) is 3.44. The van der Waals surface area contributed by atoms with Gasteiger partial charge in [-0.1, -0.05) is 11.6 Å². The van der Waals surface area contributed by atoms with E-state index in [2.05, 4.69) is 10.3 Å². The number of amides is 1. The normalized spacial score (nSPS) is 10.4. The standard InChI is InChI=1S/C14H22ClN3O2/c1-4-16-12-8-7-11(15)13(17-12)14(19)18(5-2)9-10-20-6-3/h7-8H,4-6,9-10H2,1-3H3,(H,16,17). The van der Waals surface area contributed by atoms with Crippen LogP contribution < -0.4 is 5.32 Å². The molecule has 0 aromatic carbocycles. The molecule has 0 aliphatic carbocycles. The van der Waals surface area contributed by atoms with Gasteiger partial charge in [0, 0.05) is 26.2 Å². The average Bonchev–Trinajstić information content (AvgIpc) is 2.45. The van der Waals surface area contributed by atoms with Gasteiger partial charge in [-0.25, -0.2) is 4.98 Å². The number of aromatic nitrogens is 1. The Labute approximate surface area is 125 Å². The van der Waals surface area contributed by atoms with E-state index in [9.17, 15) is 4.79 Å². The highest BCUT2D eigenvalue weighted by Gasteiger charge is 2.19. The second-order valence-corrected chi connectivity index (χ2v) is 4.55. The first kappa shape index (κ1) is 16.7. The van der Waals surface area contributed by atoms with Crippen LogP contribution in [0, 0.1) is 0 Å². The molecule has 6 heteroatoms. The number of hydrogen-bond donors (Lipinski definition) is 1. The summed E-state index contributed by atoms with van der Waals surface area (Å²) in [6.07, 6.45) is 0. The van der Waals surface area contributed by atoms with Crippen LogP contribution in [0.25, 0.3) is 0 Å². The van der Waals surface area contributed by atoms with Gasteiger partial charge < -0.3 is 15.0 Å². The van der Waals surface area contributed by atoms with Gasteiger partial charge in [-0.15, -0.1) is 0 Å². The molecule has 0 radical (unpaired) electrons. The molecule has 0 saturated heterocycles. The molecule has 0 aliphatic heterocycles. The second-order valence-electron chi connectivity index (χ2n) is 4.14. The molecule has 112 valence electrons. The minimum atomic E-state index is -0.169. The van der Waals surface area contributed by atoms with E-state index in [1.807, 2.05) is 20.8 Å². The lowest BCUT2D eigenvalue weighted by molar-refractivity contribution is 0.0664. The van der Waals surface area contributed by atoms with Gasteiger partial charge in [0.15, 0.2) is 0 Å². The Morgan fingerprint density at radius 3 is 2.75 bits per heavy atom. The number of ether oxygens (including phenoxy) is 1. The van der Waals surface area contributed by atoms with Crippen LogP contribution in [0.15, 0.2) is 12.1 Å². The van der Waals surface area contributed by atoms with Gasteiger partial charge in [0.25, 0.3) is 5.91 Å². The van der Waals surface area contributed by atoms with Crippen LogP contribution in [-0.2, 0) is 4.74 Å². The SMILES string of the molecule is CCNc1ccc(Cl)c(C(=O)N(CC)CCOCC)n1. The third-order valence-corrected chi connectivity index (χ3v) is 3.09. The van der Waals surface area contributed by atoms with Crippen molar-refractivity contribution in [2.24, 2.45) is 0 Å². The van der Waals surface area contributed by atoms with Crippen molar-refractivity contribution in [1.29, 1.82) is 0 Å². The van der Waals surface area contributed by atoms with E-state index in [0.29, 0.717) is 37.1 Å². The van der Waals surface area contributed by atoms with E-state index in [0.717, 1.165) is 6.54 Å². The van der Waals surface area contributed by atoms with Gasteiger partial charge in [-0.2, -0.15) is 0 Å². The maximum absolute atomic E-state index is 12.4. The molecule has 1 amide bonds. The number of nitrogens with one attached hydrogen (secondary N) is 1. The van der Waals surface area contributed by atoms with Crippen LogP contribution in [0.4, 0.5) is 5.82 Å². The number of rotatable bonds is 8. The van der Waals surface area contributed by atoms with Crippen molar-refractivity contribution in [3.63, 3.8) is 0 Å². The molecule has 1 heterocycles. The van der Waals surface area contributed by atoms with Crippen molar-refractivity contribution in [2.75, 3.05) is 38.2 Å². The third-order valence-electron chi connectivity index (χ3n) is 2.79. The molecule has 1 aromatic rings. The van der Waals surface area contributed by atoms with Crippen molar-refractivity contribution in [2.45, 2.75) is 20.8 Å². The van der Waals surface area contributed by atoms with Crippen LogP contribution in [-0.4, -0.2) is 48.6 Å². The average molecular weight is 300 g/mol. The third kappa shape index (κ3) is 4.65. The molecule has 1 N–H and O–H groups in total. The van der Waals surface area contributed by atoms with Crippen LogP contribution in [0.5, 0.6) is 0 Å². The quantitative estimate of drug-likeness (QED) is 0.750. The lowest BCUT2D eigenvalue weighted by Gasteiger charge is -2.21. The Bertz CT molecular complexity index is 440. The fourth-order valence-corrected chi connectivity index (χ4v) is 1.93. The van der Waals surface area contributed by atoms with E-state index in [1.165, 1.54) is 0 Å². The topological polar surface area (TPSA) is 54.5 Å². The fourth-order valence-electron chi connectivity index (χ4n) is 1.74. The highest BCUT2D eigenvalue weighted by Crippen LogP contribution is 2.18. The van der Waals surface area contributed by atoms with E-state index in [4.69, 9.17) is 16.3 Å². The summed E-state index contributed by atoms with van der Waals surface area (Å²) in [6.45, 7) is 8.84. The molecule has 0 saturated carbocycles. The number of pyridine rings is 1. The molecule has 1 rings (SSSR count). The zero-order valence-corrected chi connectivity index (χ0v) is 13.0. The first-order chi connectivity index (χ1) is 9.63. The summed E-state index contributed by atoms with van der Waals surface area (Å²) in [5.74, 6) is 0.484. The zero-order valence-electron chi connectivity index (χ0n) is 12.3. The van der Waals surface area contributed by atoms with Crippen molar-refractivity contribution in [3.05, 3.63) is 22.8 Å². The van der Waals surface area contributed by atoms with Crippen LogP contribution in [0.1, 0.15) is 31.3 Å². The predicted molar refractivity (Wildman–Crippen MR) is 81.5 cm³/mol. The van der Waals surface area contributed by atoms with Crippen molar-refractivity contribution >= 4 is 23.3 Å². The first-order valence-corrected chi connectivity index (χ1v) is 7.29. The molecule has 0 spiro atoms. The minimum absolute atomic E-state index is 0.169. The molecular formula is C14H22ClN3O2. The maximum Gasteiger partial charge on any atom is 0.274 e. The van der Waals surface area contributed by atoms with E-state index in [1.54, 1.807) is 17.0 Å². The zero-order chi connectivity index (χ0) is 15.0. The van der Waals surface area contributed by atoms with E-state index in [-0.39, 0.29) is 11.6 Å². The van der Waals surface area contributed by atoms with Gasteiger partial charge >= 0.3 is 0 Å². The van der Waals surface area contributed by atoms with Crippen molar-refractivity contribution in [1.82, 2.24) is 9.88 Å². The van der Waals surface area contributed by atoms with Crippen molar-refractivity contribution in [3.8, 4) is 0 Å². The van der Waals surface area contributed by atoms with Gasteiger partial charge in [0.1, 0.15) is 11.5 Å². The predicted octanol–water partition coefficient (Wildman–Crippen LogP) is 2.67. The number of carbonyl (C=O) groups excluding carboxylic acids is 1. The minimum Gasteiger partial charge on any atom is -0.380 e. The Balaban J connectivity index is 2.84. The second kappa shape index (κ2) is 8.76. The number of halogens is 1. The van der Waals surface area contributed by atoms with Crippen molar-refractivity contribution < 1.29 is 9.53 Å². The monoisotopic (exact) mass is 299 g/mol. The summed E-state index contributed by atoms with van der Waals surface area (Å²) in [6, 6.07) is 3.45. The van der Waals surface area contributed by atoms with Crippen LogP contribution >= 0.6 is 11.6 Å². The van der Waals surface area contributed by atoms with Gasteiger partial charge in [0.05, 0.1) is 11.6 Å². The smallest absolute Gasteiger partial charge is 0.274 e. The highest BCUT2D eigenvalue weighted by molar-refractivity contribution is 6.33. The Hall–Kier alpha value is -1.33. The van der Waals surface area contributed by atoms with Crippen LogP contribution in [0.3, 0.4) is 0 Å². The van der Waals surface area contributed by atoms with Gasteiger partial charge in [-0.3, -0.25) is 4.79 Å². The highest BCUT2D eigenvalue weighted by atomic mass is 35.5. The molecule has 5 nitrogen and oxygen atoms in total. The van der Waals surface area contributed by atoms with Crippen LogP contribution in [0.2, 0.25) is 5.02 Å².